The van der Waals surface area contributed by atoms with Gasteiger partial charge >= 0.3 is 0 Å². The van der Waals surface area contributed by atoms with Gasteiger partial charge in [0.1, 0.15) is 24.1 Å². The zero-order valence-corrected chi connectivity index (χ0v) is 26.3. The fourth-order valence-corrected chi connectivity index (χ4v) is 5.71. The topological polar surface area (TPSA) is 96.0 Å². The summed E-state index contributed by atoms with van der Waals surface area (Å²) in [5.74, 6) is 0.361. The Hall–Kier alpha value is -4.63. The van der Waals surface area contributed by atoms with E-state index in [0.29, 0.717) is 17.2 Å². The van der Waals surface area contributed by atoms with Crippen LogP contribution < -0.4 is 14.4 Å². The van der Waals surface area contributed by atoms with Crippen LogP contribution in [0.4, 0.5) is 5.69 Å². The number of para-hydroxylation sites is 1. The number of rotatable bonds is 13. The molecule has 1 atom stereocenters. The SMILES string of the molecule is Cc1cccc(CN(C(=O)CN(c2ccc(Oc3ccccc3)cc2)S(C)(=O)=O)[C@H](Cc2ccccc2)C(=O)NC(C)C)c1. The molecule has 0 aliphatic rings. The Morgan fingerprint density at radius 1 is 0.795 bits per heavy atom. The maximum atomic E-state index is 14.2. The molecule has 2 amide bonds. The van der Waals surface area contributed by atoms with Gasteiger partial charge in [-0.05, 0) is 68.3 Å². The smallest absolute Gasteiger partial charge is 0.244 e. The minimum absolute atomic E-state index is 0.130. The van der Waals surface area contributed by atoms with E-state index in [1.54, 1.807) is 24.3 Å². The van der Waals surface area contributed by atoms with Gasteiger partial charge in [0, 0.05) is 19.0 Å². The summed E-state index contributed by atoms with van der Waals surface area (Å²) in [4.78, 5) is 29.3. The molecule has 0 unspecified atom stereocenters. The lowest BCUT2D eigenvalue weighted by molar-refractivity contribution is -0.140. The van der Waals surface area contributed by atoms with Crippen molar-refractivity contribution < 1.29 is 22.7 Å². The summed E-state index contributed by atoms with van der Waals surface area (Å²) < 4.78 is 33.0. The van der Waals surface area contributed by atoms with Gasteiger partial charge in [0.05, 0.1) is 11.9 Å². The molecule has 0 spiro atoms. The van der Waals surface area contributed by atoms with Crippen LogP contribution in [0.3, 0.4) is 0 Å². The Morgan fingerprint density at radius 3 is 1.98 bits per heavy atom. The molecule has 4 rings (SSSR count). The first-order chi connectivity index (χ1) is 21.0. The van der Waals surface area contributed by atoms with Gasteiger partial charge in [-0.25, -0.2) is 8.42 Å². The highest BCUT2D eigenvalue weighted by Gasteiger charge is 2.33. The van der Waals surface area contributed by atoms with Crippen molar-refractivity contribution in [1.82, 2.24) is 10.2 Å². The molecular formula is C35H39N3O5S. The molecule has 44 heavy (non-hydrogen) atoms. The van der Waals surface area contributed by atoms with Crippen molar-refractivity contribution in [3.8, 4) is 11.5 Å². The van der Waals surface area contributed by atoms with Crippen LogP contribution in [0.5, 0.6) is 11.5 Å². The molecule has 0 aliphatic carbocycles. The van der Waals surface area contributed by atoms with Crippen LogP contribution in [-0.4, -0.2) is 50.0 Å². The number of amides is 2. The summed E-state index contributed by atoms with van der Waals surface area (Å²) in [5.41, 5.74) is 3.04. The minimum Gasteiger partial charge on any atom is -0.457 e. The Kier molecular flexibility index (Phi) is 10.8. The molecular weight excluding hydrogens is 574 g/mol. The number of carbonyl (C=O) groups excluding carboxylic acids is 2. The van der Waals surface area contributed by atoms with Crippen LogP contribution in [0, 0.1) is 6.92 Å². The number of nitrogens with zero attached hydrogens (tertiary/aromatic N) is 2. The van der Waals surface area contributed by atoms with Gasteiger partial charge in [0.15, 0.2) is 0 Å². The Balaban J connectivity index is 1.67. The molecule has 1 N–H and O–H groups in total. The number of hydrogen-bond donors (Lipinski definition) is 1. The lowest BCUT2D eigenvalue weighted by Gasteiger charge is -2.34. The third kappa shape index (κ3) is 9.18. The molecule has 0 saturated heterocycles. The van der Waals surface area contributed by atoms with Crippen LogP contribution in [0.2, 0.25) is 0 Å². The minimum atomic E-state index is -3.88. The monoisotopic (exact) mass is 613 g/mol. The number of anilines is 1. The third-order valence-electron chi connectivity index (χ3n) is 6.92. The van der Waals surface area contributed by atoms with Crippen molar-refractivity contribution in [3.63, 3.8) is 0 Å². The number of nitrogens with one attached hydrogen (secondary N) is 1. The second-order valence-electron chi connectivity index (χ2n) is 11.1. The Bertz CT molecular complexity index is 1640. The third-order valence-corrected chi connectivity index (χ3v) is 8.06. The molecule has 0 fully saturated rings. The van der Waals surface area contributed by atoms with Crippen molar-refractivity contribution >= 4 is 27.5 Å². The highest BCUT2D eigenvalue weighted by Crippen LogP contribution is 2.26. The first-order valence-corrected chi connectivity index (χ1v) is 16.3. The van der Waals surface area contributed by atoms with E-state index in [4.69, 9.17) is 4.74 Å². The number of aryl methyl sites for hydroxylation is 1. The summed E-state index contributed by atoms with van der Waals surface area (Å²) in [6.07, 6.45) is 1.33. The number of benzene rings is 4. The molecule has 0 heterocycles. The highest BCUT2D eigenvalue weighted by atomic mass is 32.2. The molecule has 0 bridgehead atoms. The van der Waals surface area contributed by atoms with E-state index in [1.807, 2.05) is 106 Å². The van der Waals surface area contributed by atoms with Crippen LogP contribution in [-0.2, 0) is 32.6 Å². The van der Waals surface area contributed by atoms with Crippen molar-refractivity contribution in [2.45, 2.75) is 45.8 Å². The maximum absolute atomic E-state index is 14.2. The molecule has 4 aromatic rings. The summed E-state index contributed by atoms with van der Waals surface area (Å²) in [7, 11) is -3.88. The molecule has 0 aromatic heterocycles. The summed E-state index contributed by atoms with van der Waals surface area (Å²) >= 11 is 0. The number of hydrogen-bond acceptors (Lipinski definition) is 5. The average molecular weight is 614 g/mol. The van der Waals surface area contributed by atoms with E-state index in [9.17, 15) is 18.0 Å². The van der Waals surface area contributed by atoms with Crippen molar-refractivity contribution in [2.24, 2.45) is 0 Å². The average Bonchev–Trinajstić information content (AvgIpc) is 2.98. The van der Waals surface area contributed by atoms with E-state index >= 15 is 0 Å². The van der Waals surface area contributed by atoms with Crippen LogP contribution in [0.15, 0.2) is 109 Å². The molecule has 9 heteroatoms. The van der Waals surface area contributed by atoms with Gasteiger partial charge in [-0.1, -0.05) is 78.4 Å². The molecule has 230 valence electrons. The number of carbonyl (C=O) groups is 2. The molecule has 0 saturated carbocycles. The molecule has 4 aromatic carbocycles. The van der Waals surface area contributed by atoms with Gasteiger partial charge < -0.3 is 15.0 Å². The van der Waals surface area contributed by atoms with E-state index < -0.39 is 28.5 Å². The van der Waals surface area contributed by atoms with Gasteiger partial charge in [0.25, 0.3) is 0 Å². The van der Waals surface area contributed by atoms with Gasteiger partial charge in [-0.15, -0.1) is 0 Å². The van der Waals surface area contributed by atoms with Gasteiger partial charge in [-0.3, -0.25) is 13.9 Å². The summed E-state index contributed by atoms with van der Waals surface area (Å²) in [6.45, 7) is 5.33. The van der Waals surface area contributed by atoms with Crippen molar-refractivity contribution in [2.75, 3.05) is 17.1 Å². The maximum Gasteiger partial charge on any atom is 0.244 e. The lowest BCUT2D eigenvalue weighted by Crippen LogP contribution is -2.54. The fraction of sp³-hybridized carbons (Fsp3) is 0.257. The summed E-state index contributed by atoms with van der Waals surface area (Å²) in [5, 5.41) is 2.96. The van der Waals surface area contributed by atoms with Crippen molar-refractivity contribution in [1.29, 1.82) is 0 Å². The summed E-state index contributed by atoms with van der Waals surface area (Å²) in [6, 6.07) is 31.9. The van der Waals surface area contributed by atoms with E-state index in [2.05, 4.69) is 5.32 Å². The van der Waals surface area contributed by atoms with Crippen LogP contribution in [0.1, 0.15) is 30.5 Å². The van der Waals surface area contributed by atoms with E-state index in [0.717, 1.165) is 27.3 Å². The van der Waals surface area contributed by atoms with Gasteiger partial charge in [-0.2, -0.15) is 0 Å². The molecule has 0 radical (unpaired) electrons. The van der Waals surface area contributed by atoms with Gasteiger partial charge in [0.2, 0.25) is 21.8 Å². The standard InChI is InChI=1S/C35H39N3O5S/c1-26(2)36-35(40)33(23-28-13-7-5-8-14-28)37(24-29-15-11-12-27(3)22-29)34(39)25-38(44(4,41)42)30-18-20-32(21-19-30)43-31-16-9-6-10-17-31/h5-22,26,33H,23-25H2,1-4H3,(H,36,40)/t33-/m1/s1. The predicted octanol–water partition coefficient (Wildman–Crippen LogP) is 5.72. The molecule has 8 nitrogen and oxygen atoms in total. The lowest BCUT2D eigenvalue weighted by atomic mass is 10.0. The zero-order valence-electron chi connectivity index (χ0n) is 25.5. The van der Waals surface area contributed by atoms with E-state index in [-0.39, 0.29) is 24.9 Å². The quantitative estimate of drug-likeness (QED) is 0.208. The van der Waals surface area contributed by atoms with Crippen LogP contribution >= 0.6 is 0 Å². The molecule has 0 aliphatic heterocycles. The fourth-order valence-electron chi connectivity index (χ4n) is 4.86. The Labute approximate surface area is 260 Å². The Morgan fingerprint density at radius 2 is 1.39 bits per heavy atom. The highest BCUT2D eigenvalue weighted by molar-refractivity contribution is 7.92. The number of ether oxygens (including phenoxy) is 1. The second-order valence-corrected chi connectivity index (χ2v) is 13.0. The normalized spacial score (nSPS) is 11.9. The first kappa shape index (κ1) is 32.3. The zero-order chi connectivity index (χ0) is 31.7. The van der Waals surface area contributed by atoms with E-state index in [1.165, 1.54) is 4.90 Å². The van der Waals surface area contributed by atoms with Crippen molar-refractivity contribution in [3.05, 3.63) is 126 Å². The van der Waals surface area contributed by atoms with Crippen LogP contribution in [0.25, 0.3) is 0 Å². The largest absolute Gasteiger partial charge is 0.457 e. The second kappa shape index (κ2) is 14.7. The predicted molar refractivity (Wildman–Crippen MR) is 174 cm³/mol. The number of sulfonamides is 1. The first-order valence-electron chi connectivity index (χ1n) is 14.5.